The minimum atomic E-state index is -2.80. The highest BCUT2D eigenvalue weighted by Crippen LogP contribution is 2.36. The summed E-state index contributed by atoms with van der Waals surface area (Å²) >= 11 is 6.28. The molecule has 2 aromatic carbocycles. The van der Waals surface area contributed by atoms with Gasteiger partial charge in [-0.25, -0.2) is 13.5 Å². The van der Waals surface area contributed by atoms with Crippen LogP contribution in [0.15, 0.2) is 72.0 Å². The van der Waals surface area contributed by atoms with Crippen LogP contribution < -0.4 is 10.3 Å². The summed E-state index contributed by atoms with van der Waals surface area (Å²) in [5, 5.41) is 7.70. The first-order valence-electron chi connectivity index (χ1n) is 12.8. The summed E-state index contributed by atoms with van der Waals surface area (Å²) in [4.78, 5) is 35.6. The Kier molecular flexibility index (Phi) is 8.16. The highest BCUT2D eigenvalue weighted by molar-refractivity contribution is 6.31. The molecule has 0 aliphatic carbocycles. The van der Waals surface area contributed by atoms with E-state index in [0.29, 0.717) is 40.2 Å². The number of rotatable bonds is 10. The number of aromatic nitrogens is 6. The standard InChI is InChI=1S/C29H25ClF2N6O3/c1-3-4-25(26(39)12-17-5-7-21-22(11-17)34-10-9-33-21)37-16-27(41-2)20(14-28(37)40)19-13-18(30)6-8-24(19)38-15-23(29(31)32)35-36-38/h5-11,13-16,25,29H,3-4,12H2,1-2H3/t25-/m0/s1. The maximum absolute atomic E-state index is 13.6. The third-order valence-electron chi connectivity index (χ3n) is 6.68. The third kappa shape index (κ3) is 5.85. The van der Waals surface area contributed by atoms with Gasteiger partial charge in [-0.1, -0.05) is 36.2 Å². The van der Waals surface area contributed by atoms with E-state index in [0.717, 1.165) is 17.3 Å². The molecule has 0 aliphatic rings. The van der Waals surface area contributed by atoms with Crippen molar-refractivity contribution in [2.24, 2.45) is 0 Å². The van der Waals surface area contributed by atoms with Gasteiger partial charge in [0.1, 0.15) is 11.4 Å². The molecular weight excluding hydrogens is 554 g/mol. The lowest BCUT2D eigenvalue weighted by Gasteiger charge is -2.21. The second-order valence-corrected chi connectivity index (χ2v) is 9.81. The van der Waals surface area contributed by atoms with Crippen molar-refractivity contribution in [1.82, 2.24) is 29.5 Å². The molecule has 0 unspecified atom stereocenters. The van der Waals surface area contributed by atoms with E-state index in [4.69, 9.17) is 16.3 Å². The number of ether oxygens (including phenoxy) is 1. The van der Waals surface area contributed by atoms with Crippen LogP contribution in [0.25, 0.3) is 27.8 Å². The maximum Gasteiger partial charge on any atom is 0.283 e. The topological polar surface area (TPSA) is 105 Å². The Morgan fingerprint density at radius 1 is 1.02 bits per heavy atom. The molecule has 210 valence electrons. The smallest absolute Gasteiger partial charge is 0.283 e. The number of Topliss-reactive ketones (excluding diaryl/α,β-unsaturated/α-hetero) is 1. The van der Waals surface area contributed by atoms with Crippen molar-refractivity contribution in [2.75, 3.05) is 7.11 Å². The summed E-state index contributed by atoms with van der Waals surface area (Å²) in [7, 11) is 1.44. The lowest BCUT2D eigenvalue weighted by molar-refractivity contribution is -0.121. The molecule has 9 nitrogen and oxygen atoms in total. The first-order chi connectivity index (χ1) is 19.8. The van der Waals surface area contributed by atoms with Gasteiger partial charge in [-0.05, 0) is 42.3 Å². The molecule has 0 N–H and O–H groups in total. The second-order valence-electron chi connectivity index (χ2n) is 9.38. The van der Waals surface area contributed by atoms with Crippen LogP contribution in [0.2, 0.25) is 5.02 Å². The highest BCUT2D eigenvalue weighted by atomic mass is 35.5. The van der Waals surface area contributed by atoms with Crippen LogP contribution in [0.1, 0.15) is 43.5 Å². The van der Waals surface area contributed by atoms with Crippen molar-refractivity contribution in [3.63, 3.8) is 0 Å². The summed E-state index contributed by atoms with van der Waals surface area (Å²) in [6.45, 7) is 1.94. The van der Waals surface area contributed by atoms with Gasteiger partial charge in [-0.3, -0.25) is 19.6 Å². The summed E-state index contributed by atoms with van der Waals surface area (Å²) in [5.74, 6) is 0.148. The van der Waals surface area contributed by atoms with Crippen LogP contribution in [0.3, 0.4) is 0 Å². The number of carbonyl (C=O) groups excluding carboxylic acids is 1. The molecular formula is C29H25ClF2N6O3. The Balaban J connectivity index is 1.54. The number of alkyl halides is 2. The maximum atomic E-state index is 13.6. The number of halogens is 3. The minimum absolute atomic E-state index is 0.102. The van der Waals surface area contributed by atoms with E-state index in [2.05, 4.69) is 20.3 Å². The number of pyridine rings is 1. The number of hydrogen-bond acceptors (Lipinski definition) is 7. The van der Waals surface area contributed by atoms with Gasteiger partial charge in [0.05, 0.1) is 42.3 Å². The average molecular weight is 579 g/mol. The van der Waals surface area contributed by atoms with Crippen molar-refractivity contribution >= 4 is 28.4 Å². The van der Waals surface area contributed by atoms with E-state index in [9.17, 15) is 18.4 Å². The van der Waals surface area contributed by atoms with Crippen LogP contribution in [0.5, 0.6) is 5.75 Å². The quantitative estimate of drug-likeness (QED) is 0.206. The monoisotopic (exact) mass is 578 g/mol. The van der Waals surface area contributed by atoms with Crippen molar-refractivity contribution in [1.29, 1.82) is 0 Å². The summed E-state index contributed by atoms with van der Waals surface area (Å²) in [6.07, 6.45) is 4.20. The van der Waals surface area contributed by atoms with Gasteiger partial charge < -0.3 is 9.30 Å². The van der Waals surface area contributed by atoms with Crippen LogP contribution in [-0.4, -0.2) is 42.4 Å². The lowest BCUT2D eigenvalue weighted by Crippen LogP contribution is -2.30. The van der Waals surface area contributed by atoms with Crippen LogP contribution in [0.4, 0.5) is 8.78 Å². The number of carbonyl (C=O) groups is 1. The van der Waals surface area contributed by atoms with Crippen LogP contribution in [0, 0.1) is 0 Å². The average Bonchev–Trinajstić information content (AvgIpc) is 3.46. The first-order valence-corrected chi connectivity index (χ1v) is 13.2. The van der Waals surface area contributed by atoms with Gasteiger partial charge in [-0.15, -0.1) is 5.10 Å². The normalized spacial score (nSPS) is 12.1. The SMILES string of the molecule is CCC[C@@H](C(=O)Cc1ccc2nccnc2c1)n1cc(OC)c(-c2cc(Cl)ccc2-n2cc(C(F)F)nn2)cc1=O. The fourth-order valence-corrected chi connectivity index (χ4v) is 4.90. The number of methoxy groups -OCH3 is 1. The van der Waals surface area contributed by atoms with Crippen LogP contribution >= 0.6 is 11.6 Å². The molecule has 0 saturated carbocycles. The summed E-state index contributed by atoms with van der Waals surface area (Å²) in [6, 6.07) is 10.8. The predicted molar refractivity (Wildman–Crippen MR) is 150 cm³/mol. The third-order valence-corrected chi connectivity index (χ3v) is 6.91. The Hall–Kier alpha value is -4.51. The molecule has 5 aromatic rings. The largest absolute Gasteiger partial charge is 0.495 e. The lowest BCUT2D eigenvalue weighted by atomic mass is 9.98. The van der Waals surface area contributed by atoms with E-state index in [-0.39, 0.29) is 18.0 Å². The zero-order valence-corrected chi connectivity index (χ0v) is 22.9. The van der Waals surface area contributed by atoms with Gasteiger partial charge >= 0.3 is 0 Å². The molecule has 3 heterocycles. The number of fused-ring (bicyclic) bond motifs is 1. The van der Waals surface area contributed by atoms with Crippen molar-refractivity contribution < 1.29 is 18.3 Å². The fourth-order valence-electron chi connectivity index (χ4n) is 4.73. The van der Waals surface area contributed by atoms with Crippen molar-refractivity contribution in [3.8, 4) is 22.6 Å². The highest BCUT2D eigenvalue weighted by Gasteiger charge is 2.24. The van der Waals surface area contributed by atoms with Gasteiger partial charge in [0.15, 0.2) is 5.78 Å². The molecule has 0 amide bonds. The molecule has 41 heavy (non-hydrogen) atoms. The number of hydrogen-bond donors (Lipinski definition) is 0. The molecule has 0 saturated heterocycles. The minimum Gasteiger partial charge on any atom is -0.495 e. The van der Waals surface area contributed by atoms with Crippen molar-refractivity contribution in [3.05, 3.63) is 93.9 Å². The van der Waals surface area contributed by atoms with E-state index in [1.807, 2.05) is 25.1 Å². The van der Waals surface area contributed by atoms with E-state index in [1.54, 1.807) is 30.6 Å². The van der Waals surface area contributed by atoms with Gasteiger partial charge in [-0.2, -0.15) is 0 Å². The Morgan fingerprint density at radius 3 is 2.51 bits per heavy atom. The predicted octanol–water partition coefficient (Wildman–Crippen LogP) is 5.79. The van der Waals surface area contributed by atoms with Gasteiger partial charge in [0.2, 0.25) is 0 Å². The number of nitrogens with zero attached hydrogens (tertiary/aromatic N) is 6. The number of ketones is 1. The molecule has 5 rings (SSSR count). The van der Waals surface area contributed by atoms with Gasteiger partial charge in [0, 0.05) is 41.0 Å². The first kappa shape index (κ1) is 28.0. The van der Waals surface area contributed by atoms with Crippen LogP contribution in [-0.2, 0) is 11.2 Å². The van der Waals surface area contributed by atoms with E-state index in [1.165, 1.54) is 28.6 Å². The molecule has 12 heteroatoms. The summed E-state index contributed by atoms with van der Waals surface area (Å²) < 4.78 is 34.6. The number of benzene rings is 2. The molecule has 0 spiro atoms. The Labute approximate surface area is 238 Å². The van der Waals surface area contributed by atoms with E-state index < -0.39 is 23.7 Å². The zero-order valence-electron chi connectivity index (χ0n) is 22.2. The molecule has 0 bridgehead atoms. The Morgan fingerprint density at radius 2 is 1.80 bits per heavy atom. The molecule has 3 aromatic heterocycles. The Bertz CT molecular complexity index is 1790. The van der Waals surface area contributed by atoms with Crippen molar-refractivity contribution in [2.45, 2.75) is 38.7 Å². The zero-order chi connectivity index (χ0) is 29.1. The van der Waals surface area contributed by atoms with Gasteiger partial charge in [0.25, 0.3) is 12.0 Å². The molecule has 1 atom stereocenters. The fraction of sp³-hybridized carbons (Fsp3) is 0.241. The molecule has 0 fully saturated rings. The second kappa shape index (κ2) is 11.9. The molecule has 0 radical (unpaired) electrons. The summed E-state index contributed by atoms with van der Waals surface area (Å²) in [5.41, 5.74) is 2.38. The van der Waals surface area contributed by atoms with E-state index >= 15 is 0 Å². The molecule has 0 aliphatic heterocycles.